The van der Waals surface area contributed by atoms with Crippen molar-refractivity contribution in [2.24, 2.45) is 0 Å². The van der Waals surface area contributed by atoms with Crippen LogP contribution < -0.4 is 10.2 Å². The van der Waals surface area contributed by atoms with Crippen molar-refractivity contribution in [1.29, 1.82) is 0 Å². The third-order valence-electron chi connectivity index (χ3n) is 5.35. The maximum Gasteiger partial charge on any atom is 0.226 e. The van der Waals surface area contributed by atoms with E-state index < -0.39 is 0 Å². The van der Waals surface area contributed by atoms with E-state index in [2.05, 4.69) is 46.4 Å². The minimum Gasteiger partial charge on any atom is -0.375 e. The topological polar surface area (TPSA) is 54.5 Å². The summed E-state index contributed by atoms with van der Waals surface area (Å²) in [5.41, 5.74) is 4.70. The lowest BCUT2D eigenvalue weighted by Gasteiger charge is -2.33. The van der Waals surface area contributed by atoms with Gasteiger partial charge in [0.05, 0.1) is 19.1 Å². The summed E-state index contributed by atoms with van der Waals surface area (Å²) in [6.45, 7) is 4.95. The molecular weight excluding hydrogens is 393 g/mol. The van der Waals surface area contributed by atoms with Crippen molar-refractivity contribution >= 4 is 11.6 Å². The van der Waals surface area contributed by atoms with E-state index in [0.717, 1.165) is 36.4 Å². The molecule has 4 rings (SSSR count). The fourth-order valence-electron chi connectivity index (χ4n) is 3.69. The number of pyridine rings is 1. The summed E-state index contributed by atoms with van der Waals surface area (Å²) in [6, 6.07) is 18.5. The first-order valence-electron chi connectivity index (χ1n) is 10.5. The summed E-state index contributed by atoms with van der Waals surface area (Å²) in [7, 11) is 0. The fraction of sp³-hybridized carbons (Fsp3) is 0.280. The molecule has 1 amide bonds. The standard InChI is InChI=1S/C25H26FN3O2/c1-18-17-29(11-12-31-18)24-9-6-20(7-10-24)21-5-8-23(27-16-21)14-25(30)28-15-19-3-2-4-22(26)13-19/h2-10,13,16,18H,11-12,14-15,17H2,1H3,(H,28,30)/t18-/m0/s1. The first-order chi connectivity index (χ1) is 15.1. The minimum atomic E-state index is -0.309. The van der Waals surface area contributed by atoms with E-state index in [1.54, 1.807) is 18.3 Å². The molecule has 0 radical (unpaired) electrons. The highest BCUT2D eigenvalue weighted by atomic mass is 19.1. The zero-order chi connectivity index (χ0) is 21.6. The molecule has 1 N–H and O–H groups in total. The van der Waals surface area contributed by atoms with Gasteiger partial charge in [-0.15, -0.1) is 0 Å². The average molecular weight is 420 g/mol. The second-order valence-corrected chi connectivity index (χ2v) is 7.80. The molecule has 1 aliphatic rings. The largest absolute Gasteiger partial charge is 0.375 e. The number of anilines is 1. The summed E-state index contributed by atoms with van der Waals surface area (Å²) < 4.78 is 18.8. The Morgan fingerprint density at radius 2 is 1.97 bits per heavy atom. The van der Waals surface area contributed by atoms with Crippen molar-refractivity contribution in [2.45, 2.75) is 26.0 Å². The highest BCUT2D eigenvalue weighted by Gasteiger charge is 2.16. The molecule has 0 saturated carbocycles. The highest BCUT2D eigenvalue weighted by Crippen LogP contribution is 2.24. The van der Waals surface area contributed by atoms with E-state index in [1.807, 2.05) is 12.1 Å². The zero-order valence-electron chi connectivity index (χ0n) is 17.6. The number of amides is 1. The first-order valence-corrected chi connectivity index (χ1v) is 10.5. The first kappa shape index (κ1) is 21.0. The van der Waals surface area contributed by atoms with Gasteiger partial charge in [0.15, 0.2) is 0 Å². The van der Waals surface area contributed by atoms with E-state index in [1.165, 1.54) is 17.8 Å². The Morgan fingerprint density at radius 3 is 2.68 bits per heavy atom. The van der Waals surface area contributed by atoms with Gasteiger partial charge < -0.3 is 15.0 Å². The van der Waals surface area contributed by atoms with Crippen LogP contribution in [-0.4, -0.2) is 36.7 Å². The molecule has 1 saturated heterocycles. The number of hydrogen-bond acceptors (Lipinski definition) is 4. The molecule has 0 spiro atoms. The summed E-state index contributed by atoms with van der Waals surface area (Å²) in [4.78, 5) is 19.0. The van der Waals surface area contributed by atoms with Crippen molar-refractivity contribution < 1.29 is 13.9 Å². The average Bonchev–Trinajstić information content (AvgIpc) is 2.78. The smallest absolute Gasteiger partial charge is 0.226 e. The zero-order valence-corrected chi connectivity index (χ0v) is 17.6. The van der Waals surface area contributed by atoms with Gasteiger partial charge in [-0.2, -0.15) is 0 Å². The Balaban J connectivity index is 1.33. The Morgan fingerprint density at radius 1 is 1.16 bits per heavy atom. The van der Waals surface area contributed by atoms with Crippen LogP contribution in [0.25, 0.3) is 11.1 Å². The lowest BCUT2D eigenvalue weighted by atomic mass is 10.1. The minimum absolute atomic E-state index is 0.145. The quantitative estimate of drug-likeness (QED) is 0.657. The van der Waals surface area contributed by atoms with Crippen molar-refractivity contribution in [2.75, 3.05) is 24.6 Å². The number of rotatable bonds is 6. The van der Waals surface area contributed by atoms with Gasteiger partial charge in [0.1, 0.15) is 5.82 Å². The summed E-state index contributed by atoms with van der Waals surface area (Å²) in [5.74, 6) is -0.454. The van der Waals surface area contributed by atoms with Crippen LogP contribution in [0, 0.1) is 5.82 Å². The number of carbonyl (C=O) groups is 1. The molecule has 1 aliphatic heterocycles. The van der Waals surface area contributed by atoms with Crippen LogP contribution in [0.2, 0.25) is 0 Å². The molecule has 5 nitrogen and oxygen atoms in total. The Kier molecular flexibility index (Phi) is 6.57. The molecule has 1 atom stereocenters. The van der Waals surface area contributed by atoms with Crippen molar-refractivity contribution in [1.82, 2.24) is 10.3 Å². The highest BCUT2D eigenvalue weighted by molar-refractivity contribution is 5.78. The summed E-state index contributed by atoms with van der Waals surface area (Å²) in [6.07, 6.45) is 2.22. The van der Waals surface area contributed by atoms with Crippen LogP contribution in [0.5, 0.6) is 0 Å². The van der Waals surface area contributed by atoms with Gasteiger partial charge in [-0.05, 0) is 48.4 Å². The number of halogens is 1. The number of aromatic nitrogens is 1. The maximum atomic E-state index is 13.2. The third-order valence-corrected chi connectivity index (χ3v) is 5.35. The van der Waals surface area contributed by atoms with Crippen molar-refractivity contribution in [3.63, 3.8) is 0 Å². The number of carbonyl (C=O) groups excluding carboxylic acids is 1. The Hall–Kier alpha value is -3.25. The van der Waals surface area contributed by atoms with Gasteiger partial charge >= 0.3 is 0 Å². The SMILES string of the molecule is C[C@H]1CN(c2ccc(-c3ccc(CC(=O)NCc4cccc(F)c4)nc3)cc2)CCO1. The molecule has 1 fully saturated rings. The molecule has 6 heteroatoms. The molecular formula is C25H26FN3O2. The van der Waals surface area contributed by atoms with E-state index in [-0.39, 0.29) is 24.2 Å². The van der Waals surface area contributed by atoms with E-state index >= 15 is 0 Å². The predicted molar refractivity (Wildman–Crippen MR) is 119 cm³/mol. The fourth-order valence-corrected chi connectivity index (χ4v) is 3.69. The Bertz CT molecular complexity index is 1020. The lowest BCUT2D eigenvalue weighted by Crippen LogP contribution is -2.41. The van der Waals surface area contributed by atoms with Crippen LogP contribution in [0.4, 0.5) is 10.1 Å². The van der Waals surface area contributed by atoms with Crippen LogP contribution >= 0.6 is 0 Å². The molecule has 3 aromatic rings. The van der Waals surface area contributed by atoms with Crippen LogP contribution in [0.1, 0.15) is 18.2 Å². The lowest BCUT2D eigenvalue weighted by molar-refractivity contribution is -0.120. The number of benzene rings is 2. The van der Waals surface area contributed by atoms with Gasteiger partial charge in [0.2, 0.25) is 5.91 Å². The number of hydrogen-bond donors (Lipinski definition) is 1. The molecule has 1 aromatic heterocycles. The van der Waals surface area contributed by atoms with Gasteiger partial charge in [0, 0.05) is 42.8 Å². The van der Waals surface area contributed by atoms with E-state index in [9.17, 15) is 9.18 Å². The van der Waals surface area contributed by atoms with Gasteiger partial charge in [-0.1, -0.05) is 30.3 Å². The Labute approximate surface area is 181 Å². The van der Waals surface area contributed by atoms with E-state index in [4.69, 9.17) is 4.74 Å². The van der Waals surface area contributed by atoms with Crippen LogP contribution in [0.15, 0.2) is 66.9 Å². The molecule has 0 bridgehead atoms. The monoisotopic (exact) mass is 419 g/mol. The van der Waals surface area contributed by atoms with Gasteiger partial charge in [-0.3, -0.25) is 9.78 Å². The number of nitrogens with zero attached hydrogens (tertiary/aromatic N) is 2. The molecule has 31 heavy (non-hydrogen) atoms. The van der Waals surface area contributed by atoms with Gasteiger partial charge in [-0.25, -0.2) is 4.39 Å². The molecule has 2 heterocycles. The third kappa shape index (κ3) is 5.67. The van der Waals surface area contributed by atoms with Crippen molar-refractivity contribution in [3.8, 4) is 11.1 Å². The summed E-state index contributed by atoms with van der Waals surface area (Å²) in [5, 5.41) is 2.80. The summed E-state index contributed by atoms with van der Waals surface area (Å²) >= 11 is 0. The van der Waals surface area contributed by atoms with Crippen LogP contribution in [-0.2, 0) is 22.5 Å². The predicted octanol–water partition coefficient (Wildman–Crippen LogP) is 3.97. The molecule has 2 aromatic carbocycles. The number of nitrogens with one attached hydrogen (secondary N) is 1. The van der Waals surface area contributed by atoms with Crippen molar-refractivity contribution in [3.05, 3.63) is 83.9 Å². The molecule has 160 valence electrons. The van der Waals surface area contributed by atoms with E-state index in [0.29, 0.717) is 12.2 Å². The number of morpholine rings is 1. The number of ether oxygens (including phenoxy) is 1. The molecule has 0 unspecified atom stereocenters. The maximum absolute atomic E-state index is 13.2. The normalized spacial score (nSPS) is 16.2. The molecule has 0 aliphatic carbocycles. The van der Waals surface area contributed by atoms with Gasteiger partial charge in [0.25, 0.3) is 0 Å². The second-order valence-electron chi connectivity index (χ2n) is 7.80. The van der Waals surface area contributed by atoms with Crippen LogP contribution in [0.3, 0.4) is 0 Å². The second kappa shape index (κ2) is 9.71.